The standard InChI is InChI=1S/C19H16ClFN2O2S/c1-11(2)25-16-8-3-12(9-15(16)20)10-17-18(24)23-19(26-17)22-14-6-4-13(21)5-7-14/h3-11H,1-2H3,(H,22,23,24)/b17-10+. The molecule has 1 amide bonds. The van der Waals surface area contributed by atoms with Gasteiger partial charge in [0, 0.05) is 0 Å². The van der Waals surface area contributed by atoms with E-state index >= 15 is 0 Å². The largest absolute Gasteiger partial charge is 0.489 e. The summed E-state index contributed by atoms with van der Waals surface area (Å²) in [5, 5.41) is 3.62. The van der Waals surface area contributed by atoms with Crippen molar-refractivity contribution < 1.29 is 13.9 Å². The number of amides is 1. The van der Waals surface area contributed by atoms with Crippen molar-refractivity contribution in [1.29, 1.82) is 0 Å². The molecule has 1 saturated heterocycles. The highest BCUT2D eigenvalue weighted by Crippen LogP contribution is 2.31. The van der Waals surface area contributed by atoms with Gasteiger partial charge in [-0.1, -0.05) is 17.7 Å². The maximum absolute atomic E-state index is 12.9. The summed E-state index contributed by atoms with van der Waals surface area (Å²) in [6, 6.07) is 11.1. The van der Waals surface area contributed by atoms with Crippen LogP contribution >= 0.6 is 23.4 Å². The fourth-order valence-electron chi connectivity index (χ4n) is 2.22. The van der Waals surface area contributed by atoms with Crippen molar-refractivity contribution in [3.05, 3.63) is 63.8 Å². The van der Waals surface area contributed by atoms with Gasteiger partial charge in [-0.2, -0.15) is 0 Å². The number of hydrogen-bond acceptors (Lipinski definition) is 4. The van der Waals surface area contributed by atoms with Crippen LogP contribution in [0, 0.1) is 5.82 Å². The molecule has 0 aliphatic carbocycles. The first-order valence-corrected chi connectivity index (χ1v) is 9.11. The van der Waals surface area contributed by atoms with Crippen molar-refractivity contribution in [3.8, 4) is 5.75 Å². The summed E-state index contributed by atoms with van der Waals surface area (Å²) in [6.45, 7) is 3.85. The molecule has 7 heteroatoms. The number of rotatable bonds is 4. The Morgan fingerprint density at radius 1 is 1.23 bits per heavy atom. The van der Waals surface area contributed by atoms with E-state index in [1.807, 2.05) is 19.9 Å². The normalized spacial score (nSPS) is 17.2. The van der Waals surface area contributed by atoms with Gasteiger partial charge < -0.3 is 10.1 Å². The number of nitrogens with one attached hydrogen (secondary N) is 1. The highest BCUT2D eigenvalue weighted by atomic mass is 35.5. The van der Waals surface area contributed by atoms with Gasteiger partial charge in [-0.3, -0.25) is 4.79 Å². The zero-order valence-corrected chi connectivity index (χ0v) is 15.7. The first-order chi connectivity index (χ1) is 12.4. The molecular weight excluding hydrogens is 375 g/mol. The van der Waals surface area contributed by atoms with E-state index in [0.717, 1.165) is 5.56 Å². The molecule has 0 radical (unpaired) electrons. The molecule has 0 spiro atoms. The van der Waals surface area contributed by atoms with E-state index in [0.29, 0.717) is 26.5 Å². The van der Waals surface area contributed by atoms with Gasteiger partial charge in [0.05, 0.1) is 21.7 Å². The van der Waals surface area contributed by atoms with E-state index in [1.165, 1.54) is 23.9 Å². The Morgan fingerprint density at radius 2 is 1.96 bits per heavy atom. The monoisotopic (exact) mass is 390 g/mol. The smallest absolute Gasteiger partial charge is 0.264 e. The third kappa shape index (κ3) is 4.65. The lowest BCUT2D eigenvalue weighted by Crippen LogP contribution is -2.19. The molecule has 0 bridgehead atoms. The third-order valence-corrected chi connectivity index (χ3v) is 4.53. The number of aliphatic imine (C=N–C) groups is 1. The Labute approximate surface area is 160 Å². The summed E-state index contributed by atoms with van der Waals surface area (Å²) in [5.74, 6) is 0.0276. The number of nitrogens with zero attached hydrogens (tertiary/aromatic N) is 1. The summed E-state index contributed by atoms with van der Waals surface area (Å²) < 4.78 is 18.5. The SMILES string of the molecule is CC(C)Oc1ccc(/C=C2/SC(=Nc3ccc(F)cc3)NC2=O)cc1Cl. The molecule has 4 nitrogen and oxygen atoms in total. The third-order valence-electron chi connectivity index (χ3n) is 3.32. The Bertz CT molecular complexity index is 895. The molecule has 3 rings (SSSR count). The number of benzene rings is 2. The molecule has 26 heavy (non-hydrogen) atoms. The Balaban J connectivity index is 1.78. The molecule has 0 aromatic heterocycles. The molecule has 0 atom stereocenters. The van der Waals surface area contributed by atoms with Gasteiger partial charge in [0.25, 0.3) is 5.91 Å². The maximum atomic E-state index is 12.9. The van der Waals surface area contributed by atoms with Crippen LogP contribution in [0.4, 0.5) is 10.1 Å². The quantitative estimate of drug-likeness (QED) is 0.734. The number of ether oxygens (including phenoxy) is 1. The van der Waals surface area contributed by atoms with Crippen LogP contribution in [0.3, 0.4) is 0 Å². The van der Waals surface area contributed by atoms with E-state index in [4.69, 9.17) is 16.3 Å². The van der Waals surface area contributed by atoms with Crippen molar-refractivity contribution in [1.82, 2.24) is 5.32 Å². The summed E-state index contributed by atoms with van der Waals surface area (Å²) in [5.41, 5.74) is 1.35. The molecule has 2 aromatic carbocycles. The highest BCUT2D eigenvalue weighted by molar-refractivity contribution is 8.18. The second kappa shape index (κ2) is 7.93. The predicted molar refractivity (Wildman–Crippen MR) is 104 cm³/mol. The number of carbonyl (C=O) groups is 1. The lowest BCUT2D eigenvalue weighted by Gasteiger charge is -2.11. The number of thioether (sulfide) groups is 1. The molecule has 0 saturated carbocycles. The van der Waals surface area contributed by atoms with Gasteiger partial charge >= 0.3 is 0 Å². The summed E-state index contributed by atoms with van der Waals surface area (Å²) >= 11 is 7.44. The van der Waals surface area contributed by atoms with Crippen molar-refractivity contribution in [2.45, 2.75) is 20.0 Å². The molecule has 0 unspecified atom stereocenters. The Kier molecular flexibility index (Phi) is 5.64. The van der Waals surface area contributed by atoms with Crippen molar-refractivity contribution in [2.75, 3.05) is 0 Å². The lowest BCUT2D eigenvalue weighted by molar-refractivity contribution is -0.115. The minimum absolute atomic E-state index is 0.0260. The molecule has 1 aliphatic rings. The van der Waals surface area contributed by atoms with Gasteiger partial charge in [0.15, 0.2) is 5.17 Å². The molecule has 1 N–H and O–H groups in total. The van der Waals surface area contributed by atoms with Gasteiger partial charge in [0.1, 0.15) is 11.6 Å². The fraction of sp³-hybridized carbons (Fsp3) is 0.158. The van der Waals surface area contributed by atoms with E-state index in [9.17, 15) is 9.18 Å². The average molecular weight is 391 g/mol. The number of carbonyl (C=O) groups excluding carboxylic acids is 1. The van der Waals surface area contributed by atoms with Crippen LogP contribution in [0.15, 0.2) is 52.4 Å². The summed E-state index contributed by atoms with van der Waals surface area (Å²) in [7, 11) is 0. The van der Waals surface area contributed by atoms with E-state index in [1.54, 1.807) is 30.3 Å². The van der Waals surface area contributed by atoms with Crippen LogP contribution in [0.1, 0.15) is 19.4 Å². The number of amidine groups is 1. The predicted octanol–water partition coefficient (Wildman–Crippen LogP) is 5.16. The first kappa shape index (κ1) is 18.5. The molecule has 1 fully saturated rings. The van der Waals surface area contributed by atoms with Crippen LogP contribution in [0.2, 0.25) is 5.02 Å². The zero-order chi connectivity index (χ0) is 18.7. The summed E-state index contributed by atoms with van der Waals surface area (Å²) in [4.78, 5) is 16.9. The maximum Gasteiger partial charge on any atom is 0.264 e. The molecular formula is C19H16ClFN2O2S. The van der Waals surface area contributed by atoms with Crippen molar-refractivity contribution in [2.24, 2.45) is 4.99 Å². The second-order valence-corrected chi connectivity index (χ2v) is 7.25. The number of hydrogen-bond donors (Lipinski definition) is 1. The Morgan fingerprint density at radius 3 is 2.62 bits per heavy atom. The zero-order valence-electron chi connectivity index (χ0n) is 14.1. The van der Waals surface area contributed by atoms with Crippen LogP contribution in [-0.4, -0.2) is 17.2 Å². The summed E-state index contributed by atoms with van der Waals surface area (Å²) in [6.07, 6.45) is 1.76. The average Bonchev–Trinajstić information content (AvgIpc) is 2.91. The lowest BCUT2D eigenvalue weighted by atomic mass is 10.2. The van der Waals surface area contributed by atoms with Gasteiger partial charge in [0.2, 0.25) is 0 Å². The van der Waals surface area contributed by atoms with Crippen LogP contribution < -0.4 is 10.1 Å². The fourth-order valence-corrected chi connectivity index (χ4v) is 3.30. The second-order valence-electron chi connectivity index (χ2n) is 5.81. The highest BCUT2D eigenvalue weighted by Gasteiger charge is 2.23. The molecule has 134 valence electrons. The van der Waals surface area contributed by atoms with E-state index in [-0.39, 0.29) is 17.8 Å². The van der Waals surface area contributed by atoms with Crippen LogP contribution in [0.5, 0.6) is 5.75 Å². The number of halogens is 2. The van der Waals surface area contributed by atoms with Crippen LogP contribution in [-0.2, 0) is 4.79 Å². The molecule has 2 aromatic rings. The van der Waals surface area contributed by atoms with Gasteiger partial charge in [-0.25, -0.2) is 9.38 Å². The topological polar surface area (TPSA) is 50.7 Å². The van der Waals surface area contributed by atoms with Crippen LogP contribution in [0.25, 0.3) is 6.08 Å². The first-order valence-electron chi connectivity index (χ1n) is 7.92. The van der Waals surface area contributed by atoms with E-state index in [2.05, 4.69) is 10.3 Å². The minimum Gasteiger partial charge on any atom is -0.489 e. The van der Waals surface area contributed by atoms with Gasteiger partial charge in [-0.05, 0) is 73.6 Å². The Hall–Kier alpha value is -2.31. The molecule has 1 aliphatic heterocycles. The van der Waals surface area contributed by atoms with Crippen molar-refractivity contribution in [3.63, 3.8) is 0 Å². The van der Waals surface area contributed by atoms with Crippen molar-refractivity contribution >= 4 is 46.2 Å². The minimum atomic E-state index is -0.334. The van der Waals surface area contributed by atoms with E-state index < -0.39 is 0 Å². The molecule has 1 heterocycles. The van der Waals surface area contributed by atoms with Gasteiger partial charge in [-0.15, -0.1) is 0 Å².